The first-order chi connectivity index (χ1) is 9.17. The highest BCUT2D eigenvalue weighted by atomic mass is 79.9. The highest BCUT2D eigenvalue weighted by molar-refractivity contribution is 9.10. The molecule has 0 aliphatic rings. The molecule has 2 aromatic carbocycles. The molecule has 0 N–H and O–H groups in total. The van der Waals surface area contributed by atoms with Gasteiger partial charge in [0.05, 0.1) is 19.8 Å². The Morgan fingerprint density at radius 2 is 1.74 bits per heavy atom. The highest BCUT2D eigenvalue weighted by Gasteiger charge is 2.16. The average Bonchev–Trinajstić information content (AvgIpc) is 2.46. The van der Waals surface area contributed by atoms with Gasteiger partial charge in [-0.05, 0) is 45.3 Å². The maximum absolute atomic E-state index is 11.9. The van der Waals surface area contributed by atoms with Gasteiger partial charge in [0.25, 0.3) is 0 Å². The van der Waals surface area contributed by atoms with Crippen LogP contribution in [0.2, 0.25) is 0 Å². The monoisotopic (exact) mass is 320 g/mol. The molecule has 0 bridgehead atoms. The van der Waals surface area contributed by atoms with Crippen LogP contribution in [-0.2, 0) is 4.74 Å². The second-order valence-corrected chi connectivity index (χ2v) is 4.74. The third-order valence-corrected chi connectivity index (χ3v) is 3.46. The summed E-state index contributed by atoms with van der Waals surface area (Å²) in [6.45, 7) is 0. The van der Waals surface area contributed by atoms with E-state index in [0.29, 0.717) is 10.0 Å². The van der Waals surface area contributed by atoms with Crippen molar-refractivity contribution in [1.29, 1.82) is 0 Å². The molecule has 0 spiro atoms. The fourth-order valence-corrected chi connectivity index (χ4v) is 2.37. The van der Waals surface area contributed by atoms with Crippen molar-refractivity contribution >= 4 is 21.9 Å². The van der Waals surface area contributed by atoms with Crippen LogP contribution in [0.1, 0.15) is 10.4 Å². The molecule has 0 saturated carbocycles. The molecule has 0 atom stereocenters. The summed E-state index contributed by atoms with van der Waals surface area (Å²) < 4.78 is 10.7. The maximum atomic E-state index is 11.9. The molecule has 2 aromatic rings. The molecule has 0 aliphatic heterocycles. The fourth-order valence-electron chi connectivity index (χ4n) is 1.84. The zero-order valence-electron chi connectivity index (χ0n) is 10.6. The topological polar surface area (TPSA) is 35.5 Å². The lowest BCUT2D eigenvalue weighted by Gasteiger charge is -2.10. The summed E-state index contributed by atoms with van der Waals surface area (Å²) in [5.74, 6) is 0.414. The minimum Gasteiger partial charge on any atom is -0.497 e. The van der Waals surface area contributed by atoms with Gasteiger partial charge in [0.15, 0.2) is 0 Å². The molecule has 2 rings (SSSR count). The Kier molecular flexibility index (Phi) is 4.22. The third kappa shape index (κ3) is 2.79. The van der Waals surface area contributed by atoms with Gasteiger partial charge in [-0.3, -0.25) is 0 Å². The number of rotatable bonds is 3. The lowest BCUT2D eigenvalue weighted by Crippen LogP contribution is -2.04. The summed E-state index contributed by atoms with van der Waals surface area (Å²) in [5.41, 5.74) is 2.28. The Balaban J connectivity index is 2.54. The van der Waals surface area contributed by atoms with E-state index in [0.717, 1.165) is 16.9 Å². The number of benzene rings is 2. The van der Waals surface area contributed by atoms with E-state index in [2.05, 4.69) is 15.9 Å². The van der Waals surface area contributed by atoms with Crippen LogP contribution in [0.4, 0.5) is 0 Å². The summed E-state index contributed by atoms with van der Waals surface area (Å²) in [6, 6.07) is 13.1. The maximum Gasteiger partial charge on any atom is 0.339 e. The molecule has 0 saturated heterocycles. The van der Waals surface area contributed by atoms with Gasteiger partial charge in [0.2, 0.25) is 0 Å². The van der Waals surface area contributed by atoms with Crippen molar-refractivity contribution in [3.8, 4) is 16.9 Å². The van der Waals surface area contributed by atoms with Crippen molar-refractivity contribution in [2.24, 2.45) is 0 Å². The van der Waals surface area contributed by atoms with E-state index in [-0.39, 0.29) is 5.97 Å². The number of halogens is 1. The normalized spacial score (nSPS) is 10.1. The van der Waals surface area contributed by atoms with E-state index in [1.807, 2.05) is 42.5 Å². The van der Waals surface area contributed by atoms with Crippen LogP contribution in [0.3, 0.4) is 0 Å². The molecule has 4 heteroatoms. The van der Waals surface area contributed by atoms with Crippen molar-refractivity contribution in [1.82, 2.24) is 0 Å². The Morgan fingerprint density at radius 3 is 2.32 bits per heavy atom. The number of esters is 1. The largest absolute Gasteiger partial charge is 0.497 e. The average molecular weight is 321 g/mol. The Morgan fingerprint density at radius 1 is 1.05 bits per heavy atom. The van der Waals surface area contributed by atoms with Crippen molar-refractivity contribution < 1.29 is 14.3 Å². The lowest BCUT2D eigenvalue weighted by atomic mass is 10.00. The van der Waals surface area contributed by atoms with Gasteiger partial charge >= 0.3 is 5.97 Å². The second kappa shape index (κ2) is 5.89. The summed E-state index contributed by atoms with van der Waals surface area (Å²) in [6.07, 6.45) is 0. The SMILES string of the molecule is COC(=O)c1c(Br)cccc1-c1ccc(OC)cc1. The van der Waals surface area contributed by atoms with Crippen LogP contribution in [0.5, 0.6) is 5.75 Å². The summed E-state index contributed by atoms with van der Waals surface area (Å²) in [5, 5.41) is 0. The molecule has 0 radical (unpaired) electrons. The molecule has 0 fully saturated rings. The Bertz CT molecular complexity index is 591. The van der Waals surface area contributed by atoms with E-state index in [1.54, 1.807) is 7.11 Å². The molecule has 98 valence electrons. The molecule has 0 aliphatic carbocycles. The predicted octanol–water partition coefficient (Wildman–Crippen LogP) is 3.91. The number of carbonyl (C=O) groups excluding carboxylic acids is 1. The van der Waals surface area contributed by atoms with Crippen molar-refractivity contribution in [2.45, 2.75) is 0 Å². The van der Waals surface area contributed by atoms with Crippen LogP contribution in [0.15, 0.2) is 46.9 Å². The molecule has 19 heavy (non-hydrogen) atoms. The summed E-state index contributed by atoms with van der Waals surface area (Å²) in [4.78, 5) is 11.9. The van der Waals surface area contributed by atoms with E-state index in [4.69, 9.17) is 9.47 Å². The second-order valence-electron chi connectivity index (χ2n) is 3.88. The minimum atomic E-state index is -0.363. The number of hydrogen-bond donors (Lipinski definition) is 0. The standard InChI is InChI=1S/C15H13BrO3/c1-18-11-8-6-10(7-9-11)12-4-3-5-13(16)14(12)15(17)19-2/h3-9H,1-2H3. The first-order valence-corrected chi connectivity index (χ1v) is 6.48. The van der Waals surface area contributed by atoms with Gasteiger partial charge < -0.3 is 9.47 Å². The predicted molar refractivity (Wildman–Crippen MR) is 77.5 cm³/mol. The Hall–Kier alpha value is -1.81. The zero-order valence-corrected chi connectivity index (χ0v) is 12.2. The number of hydrogen-bond acceptors (Lipinski definition) is 3. The van der Waals surface area contributed by atoms with Gasteiger partial charge in [0, 0.05) is 4.47 Å². The van der Waals surface area contributed by atoms with Crippen molar-refractivity contribution in [3.63, 3.8) is 0 Å². The van der Waals surface area contributed by atoms with Gasteiger partial charge in [-0.25, -0.2) is 4.79 Å². The van der Waals surface area contributed by atoms with Crippen molar-refractivity contribution in [2.75, 3.05) is 14.2 Å². The number of ether oxygens (including phenoxy) is 2. The van der Waals surface area contributed by atoms with Crippen LogP contribution >= 0.6 is 15.9 Å². The van der Waals surface area contributed by atoms with E-state index >= 15 is 0 Å². The quantitative estimate of drug-likeness (QED) is 0.804. The molecule has 3 nitrogen and oxygen atoms in total. The fraction of sp³-hybridized carbons (Fsp3) is 0.133. The molecule has 0 unspecified atom stereocenters. The third-order valence-electron chi connectivity index (χ3n) is 2.80. The van der Waals surface area contributed by atoms with E-state index in [9.17, 15) is 4.79 Å². The molecule has 0 amide bonds. The smallest absolute Gasteiger partial charge is 0.339 e. The van der Waals surface area contributed by atoms with Crippen LogP contribution < -0.4 is 4.74 Å². The number of carbonyl (C=O) groups is 1. The molecule has 0 aromatic heterocycles. The van der Waals surface area contributed by atoms with Crippen LogP contribution in [0.25, 0.3) is 11.1 Å². The molecule has 0 heterocycles. The van der Waals surface area contributed by atoms with Crippen molar-refractivity contribution in [3.05, 3.63) is 52.5 Å². The lowest BCUT2D eigenvalue weighted by molar-refractivity contribution is 0.0600. The highest BCUT2D eigenvalue weighted by Crippen LogP contribution is 2.31. The van der Waals surface area contributed by atoms with Crippen LogP contribution in [-0.4, -0.2) is 20.2 Å². The zero-order chi connectivity index (χ0) is 13.8. The van der Waals surface area contributed by atoms with Gasteiger partial charge in [-0.2, -0.15) is 0 Å². The summed E-state index contributed by atoms with van der Waals surface area (Å²) in [7, 11) is 2.99. The van der Waals surface area contributed by atoms with E-state index in [1.165, 1.54) is 7.11 Å². The number of methoxy groups -OCH3 is 2. The van der Waals surface area contributed by atoms with Gasteiger partial charge in [0.1, 0.15) is 5.75 Å². The van der Waals surface area contributed by atoms with Gasteiger partial charge in [-0.15, -0.1) is 0 Å². The van der Waals surface area contributed by atoms with Crippen LogP contribution in [0, 0.1) is 0 Å². The Labute approximate surface area is 120 Å². The first kappa shape index (κ1) is 13.6. The van der Waals surface area contributed by atoms with Gasteiger partial charge in [-0.1, -0.05) is 24.3 Å². The molecular weight excluding hydrogens is 308 g/mol. The van der Waals surface area contributed by atoms with E-state index < -0.39 is 0 Å². The minimum absolute atomic E-state index is 0.363. The molecular formula is C15H13BrO3. The first-order valence-electron chi connectivity index (χ1n) is 5.68. The summed E-state index contributed by atoms with van der Waals surface area (Å²) >= 11 is 3.39.